The van der Waals surface area contributed by atoms with Gasteiger partial charge in [-0.3, -0.25) is 9.52 Å². The zero-order chi connectivity index (χ0) is 16.9. The number of carbonyl (C=O) groups is 1. The van der Waals surface area contributed by atoms with E-state index in [9.17, 15) is 13.2 Å². The molecule has 23 heavy (non-hydrogen) atoms. The van der Waals surface area contributed by atoms with Gasteiger partial charge in [-0.2, -0.15) is 0 Å². The largest absolute Gasteiger partial charge is 0.326 e. The summed E-state index contributed by atoms with van der Waals surface area (Å²) in [6.45, 7) is 1.40. The molecule has 2 rings (SSSR count). The summed E-state index contributed by atoms with van der Waals surface area (Å²) in [4.78, 5) is 10.9. The minimum atomic E-state index is -3.63. The highest BCUT2D eigenvalue weighted by atomic mass is 35.5. The van der Waals surface area contributed by atoms with Gasteiger partial charge in [0.25, 0.3) is 10.0 Å². The molecule has 1 amide bonds. The third-order valence-corrected chi connectivity index (χ3v) is 4.04. The summed E-state index contributed by atoms with van der Waals surface area (Å²) in [6.07, 6.45) is 1.48. The van der Waals surface area contributed by atoms with Gasteiger partial charge in [0.15, 0.2) is 0 Å². The molecule has 0 heterocycles. The molecule has 0 radical (unpaired) electrons. The minimum absolute atomic E-state index is 0.191. The number of carbonyl (C=O) groups excluding carboxylic acids is 1. The molecule has 0 aliphatic heterocycles. The molecule has 7 heteroatoms. The summed E-state index contributed by atoms with van der Waals surface area (Å²) < 4.78 is 26.4. The standard InChI is InChI=1S/C16H15ClN2O3S/c1-12(20)18-15-6-8-16(9-7-15)19-23(21,22)11-10-13-2-4-14(17)5-3-13/h2-11,19H,1H3,(H,18,20)/b11-10+. The second-order valence-electron chi connectivity index (χ2n) is 4.76. The van der Waals surface area contributed by atoms with Crippen molar-refractivity contribution in [1.29, 1.82) is 0 Å². The molecule has 5 nitrogen and oxygen atoms in total. The molecule has 0 saturated carbocycles. The molecule has 0 aliphatic rings. The van der Waals surface area contributed by atoms with E-state index in [2.05, 4.69) is 10.0 Å². The molecule has 0 bridgehead atoms. The van der Waals surface area contributed by atoms with Crippen LogP contribution in [0.25, 0.3) is 6.08 Å². The Morgan fingerprint density at radius 3 is 2.13 bits per heavy atom. The second kappa shape index (κ2) is 7.30. The van der Waals surface area contributed by atoms with Gasteiger partial charge in [-0.15, -0.1) is 0 Å². The van der Waals surface area contributed by atoms with Crippen molar-refractivity contribution in [2.24, 2.45) is 0 Å². The lowest BCUT2D eigenvalue weighted by atomic mass is 10.2. The van der Waals surface area contributed by atoms with Crippen LogP contribution in [0.2, 0.25) is 5.02 Å². The lowest BCUT2D eigenvalue weighted by molar-refractivity contribution is -0.114. The predicted molar refractivity (Wildman–Crippen MR) is 93.8 cm³/mol. The summed E-state index contributed by atoms with van der Waals surface area (Å²) in [5.74, 6) is -0.191. The van der Waals surface area contributed by atoms with Gasteiger partial charge in [0.1, 0.15) is 0 Å². The van der Waals surface area contributed by atoms with Crippen LogP contribution in [0.15, 0.2) is 53.9 Å². The van der Waals surface area contributed by atoms with E-state index >= 15 is 0 Å². The Balaban J connectivity index is 2.05. The quantitative estimate of drug-likeness (QED) is 0.863. The van der Waals surface area contributed by atoms with Gasteiger partial charge in [-0.25, -0.2) is 8.42 Å². The number of hydrogen-bond donors (Lipinski definition) is 2. The first-order chi connectivity index (χ1) is 10.8. The molecule has 0 aliphatic carbocycles. The zero-order valence-corrected chi connectivity index (χ0v) is 13.9. The normalized spacial score (nSPS) is 11.4. The monoisotopic (exact) mass is 350 g/mol. The summed E-state index contributed by atoms with van der Waals surface area (Å²) in [6, 6.07) is 13.2. The van der Waals surface area contributed by atoms with Crippen LogP contribution in [-0.2, 0) is 14.8 Å². The van der Waals surface area contributed by atoms with Gasteiger partial charge >= 0.3 is 0 Å². The van der Waals surface area contributed by atoms with Crippen LogP contribution in [0.1, 0.15) is 12.5 Å². The third kappa shape index (κ3) is 5.77. The van der Waals surface area contributed by atoms with E-state index < -0.39 is 10.0 Å². The first-order valence-corrected chi connectivity index (χ1v) is 8.61. The van der Waals surface area contributed by atoms with E-state index in [4.69, 9.17) is 11.6 Å². The summed E-state index contributed by atoms with van der Waals surface area (Å²) in [7, 11) is -3.63. The van der Waals surface area contributed by atoms with Crippen molar-refractivity contribution in [2.75, 3.05) is 10.0 Å². The fraction of sp³-hybridized carbons (Fsp3) is 0.0625. The number of hydrogen-bond acceptors (Lipinski definition) is 3. The number of sulfonamides is 1. The van der Waals surface area contributed by atoms with Crippen molar-refractivity contribution in [3.63, 3.8) is 0 Å². The van der Waals surface area contributed by atoms with Crippen molar-refractivity contribution in [3.8, 4) is 0 Å². The fourth-order valence-corrected chi connectivity index (χ4v) is 2.76. The zero-order valence-electron chi connectivity index (χ0n) is 12.3. The molecule has 2 aromatic rings. The van der Waals surface area contributed by atoms with E-state index in [0.29, 0.717) is 16.4 Å². The van der Waals surface area contributed by atoms with Gasteiger partial charge in [-0.05, 0) is 48.0 Å². The minimum Gasteiger partial charge on any atom is -0.326 e. The number of rotatable bonds is 5. The number of amides is 1. The number of anilines is 2. The van der Waals surface area contributed by atoms with Crippen molar-refractivity contribution in [3.05, 3.63) is 64.5 Å². The SMILES string of the molecule is CC(=O)Nc1ccc(NS(=O)(=O)/C=C/c2ccc(Cl)cc2)cc1. The molecule has 0 spiro atoms. The number of halogens is 1. The number of benzene rings is 2. The maximum Gasteiger partial charge on any atom is 0.255 e. The average Bonchev–Trinajstić information content (AvgIpc) is 2.48. The number of nitrogens with one attached hydrogen (secondary N) is 2. The fourth-order valence-electron chi connectivity index (χ4n) is 1.77. The van der Waals surface area contributed by atoms with Gasteiger partial charge in [0, 0.05) is 23.3 Å². The van der Waals surface area contributed by atoms with E-state index in [1.54, 1.807) is 48.5 Å². The first kappa shape index (κ1) is 17.1. The van der Waals surface area contributed by atoms with E-state index in [0.717, 1.165) is 11.0 Å². The average molecular weight is 351 g/mol. The topological polar surface area (TPSA) is 75.3 Å². The van der Waals surface area contributed by atoms with Crippen LogP contribution in [0.5, 0.6) is 0 Å². The maximum absolute atomic E-state index is 12.0. The second-order valence-corrected chi connectivity index (χ2v) is 6.76. The van der Waals surface area contributed by atoms with Crippen LogP contribution in [0, 0.1) is 0 Å². The molecule has 0 saturated heterocycles. The highest BCUT2D eigenvalue weighted by Crippen LogP contribution is 2.16. The Morgan fingerprint density at radius 2 is 1.57 bits per heavy atom. The third-order valence-electron chi connectivity index (χ3n) is 2.78. The highest BCUT2D eigenvalue weighted by molar-refractivity contribution is 7.95. The highest BCUT2D eigenvalue weighted by Gasteiger charge is 2.06. The van der Waals surface area contributed by atoms with Crippen LogP contribution in [-0.4, -0.2) is 14.3 Å². The molecule has 0 unspecified atom stereocenters. The summed E-state index contributed by atoms with van der Waals surface area (Å²) in [5, 5.41) is 4.27. The van der Waals surface area contributed by atoms with E-state index in [-0.39, 0.29) is 5.91 Å². The lowest BCUT2D eigenvalue weighted by Gasteiger charge is -2.06. The Kier molecular flexibility index (Phi) is 5.41. The lowest BCUT2D eigenvalue weighted by Crippen LogP contribution is -2.09. The Hall–Kier alpha value is -2.31. The molecule has 0 atom stereocenters. The van der Waals surface area contributed by atoms with E-state index in [1.807, 2.05) is 0 Å². The Morgan fingerprint density at radius 1 is 1.00 bits per heavy atom. The molecular weight excluding hydrogens is 336 g/mol. The summed E-state index contributed by atoms with van der Waals surface area (Å²) >= 11 is 5.77. The van der Waals surface area contributed by atoms with Crippen molar-refractivity contribution < 1.29 is 13.2 Å². The first-order valence-electron chi connectivity index (χ1n) is 6.68. The molecule has 0 fully saturated rings. The van der Waals surface area contributed by atoms with Crippen LogP contribution < -0.4 is 10.0 Å². The van der Waals surface area contributed by atoms with Crippen LogP contribution in [0.4, 0.5) is 11.4 Å². The predicted octanol–water partition coefficient (Wildman–Crippen LogP) is 3.71. The van der Waals surface area contributed by atoms with Gasteiger partial charge in [0.2, 0.25) is 5.91 Å². The Labute approximate surface area is 140 Å². The van der Waals surface area contributed by atoms with Crippen LogP contribution in [0.3, 0.4) is 0 Å². The summed E-state index contributed by atoms with van der Waals surface area (Å²) in [5.41, 5.74) is 1.72. The van der Waals surface area contributed by atoms with Gasteiger partial charge < -0.3 is 5.32 Å². The maximum atomic E-state index is 12.0. The molecular formula is C16H15ClN2O3S. The Bertz CT molecular complexity index is 813. The smallest absolute Gasteiger partial charge is 0.255 e. The molecule has 0 aromatic heterocycles. The molecule has 120 valence electrons. The van der Waals surface area contributed by atoms with Crippen molar-refractivity contribution in [1.82, 2.24) is 0 Å². The van der Waals surface area contributed by atoms with Crippen molar-refractivity contribution >= 4 is 45.0 Å². The van der Waals surface area contributed by atoms with E-state index in [1.165, 1.54) is 13.0 Å². The van der Waals surface area contributed by atoms with Crippen LogP contribution >= 0.6 is 11.6 Å². The molecule has 2 N–H and O–H groups in total. The van der Waals surface area contributed by atoms with Gasteiger partial charge in [0.05, 0.1) is 5.41 Å². The van der Waals surface area contributed by atoms with Gasteiger partial charge in [-0.1, -0.05) is 23.7 Å². The molecule has 2 aromatic carbocycles. The van der Waals surface area contributed by atoms with Crippen molar-refractivity contribution in [2.45, 2.75) is 6.92 Å².